The zero-order valence-corrected chi connectivity index (χ0v) is 13.1. The maximum atomic E-state index is 12.1. The van der Waals surface area contributed by atoms with E-state index in [0.717, 1.165) is 14.5 Å². The van der Waals surface area contributed by atoms with Gasteiger partial charge in [-0.25, -0.2) is 0 Å². The first-order chi connectivity index (χ1) is 8.54. The monoisotopic (exact) mass is 387 g/mol. The molecule has 0 fully saturated rings. The van der Waals surface area contributed by atoms with E-state index in [-0.39, 0.29) is 5.78 Å². The number of aromatic nitrogens is 1. The lowest BCUT2D eigenvalue weighted by molar-refractivity contribution is 0.0993. The van der Waals surface area contributed by atoms with E-state index < -0.39 is 0 Å². The zero-order chi connectivity index (χ0) is 13.1. The molecule has 0 atom stereocenters. The third-order valence-electron chi connectivity index (χ3n) is 2.31. The summed E-state index contributed by atoms with van der Waals surface area (Å²) in [7, 11) is 0. The Hall–Kier alpha value is -0.710. The average Bonchev–Trinajstić information content (AvgIpc) is 2.27. The van der Waals surface area contributed by atoms with Gasteiger partial charge in [-0.05, 0) is 45.8 Å². The summed E-state index contributed by atoms with van der Waals surface area (Å²) in [6.45, 7) is 0. The van der Waals surface area contributed by atoms with E-state index in [1.165, 1.54) is 0 Å². The van der Waals surface area contributed by atoms with Crippen molar-refractivity contribution in [3.8, 4) is 0 Å². The van der Waals surface area contributed by atoms with Gasteiger partial charge in [-0.3, -0.25) is 9.78 Å². The van der Waals surface area contributed by atoms with E-state index in [1.807, 2.05) is 6.07 Å². The largest absolute Gasteiger partial charge is 0.294 e. The molecule has 1 aromatic carbocycles. The molecule has 0 unspecified atom stereocenters. The summed E-state index contributed by atoms with van der Waals surface area (Å²) in [5.41, 5.74) is 1.46. The summed E-state index contributed by atoms with van der Waals surface area (Å²) in [5, 5.41) is 0.542. The number of benzene rings is 1. The van der Waals surface area contributed by atoms with Crippen LogP contribution >= 0.6 is 43.5 Å². The first-order valence-electron chi connectivity index (χ1n) is 5.13. The molecule has 0 aliphatic carbocycles. The molecule has 92 valence electrons. The Balaban J connectivity index is 2.22. The standard InChI is InChI=1S/C13H8Br2ClNO/c14-10-3-9(4-12(16)5-10)13(18)2-8-1-11(15)7-17-6-8/h1,3-7H,2H2. The van der Waals surface area contributed by atoms with Gasteiger partial charge in [-0.1, -0.05) is 27.5 Å². The van der Waals surface area contributed by atoms with E-state index >= 15 is 0 Å². The van der Waals surface area contributed by atoms with Crippen molar-refractivity contribution in [1.82, 2.24) is 4.98 Å². The van der Waals surface area contributed by atoms with Crippen molar-refractivity contribution in [2.45, 2.75) is 6.42 Å². The maximum Gasteiger partial charge on any atom is 0.167 e. The lowest BCUT2D eigenvalue weighted by Crippen LogP contribution is -2.04. The molecule has 0 saturated heterocycles. The normalized spacial score (nSPS) is 10.4. The molecule has 2 aromatic rings. The molecule has 1 aromatic heterocycles. The van der Waals surface area contributed by atoms with Crippen LogP contribution in [0, 0.1) is 0 Å². The SMILES string of the molecule is O=C(Cc1cncc(Br)c1)c1cc(Cl)cc(Br)c1. The van der Waals surface area contributed by atoms with Crippen LogP contribution in [-0.4, -0.2) is 10.8 Å². The highest BCUT2D eigenvalue weighted by molar-refractivity contribution is 9.10. The highest BCUT2D eigenvalue weighted by Crippen LogP contribution is 2.21. The number of halogens is 3. The Morgan fingerprint density at radius 3 is 2.56 bits per heavy atom. The number of ketones is 1. The minimum Gasteiger partial charge on any atom is -0.294 e. The fourth-order valence-electron chi connectivity index (χ4n) is 1.55. The van der Waals surface area contributed by atoms with Crippen LogP contribution < -0.4 is 0 Å². The molecule has 0 spiro atoms. The minimum atomic E-state index is 0.0121. The van der Waals surface area contributed by atoms with Crippen molar-refractivity contribution in [2.24, 2.45) is 0 Å². The van der Waals surface area contributed by atoms with Gasteiger partial charge in [0.1, 0.15) is 0 Å². The highest BCUT2D eigenvalue weighted by Gasteiger charge is 2.09. The third kappa shape index (κ3) is 3.64. The third-order valence-corrected chi connectivity index (χ3v) is 3.42. The molecular formula is C13H8Br2ClNO. The zero-order valence-electron chi connectivity index (χ0n) is 9.16. The number of pyridine rings is 1. The molecule has 0 N–H and O–H groups in total. The molecule has 0 amide bonds. The summed E-state index contributed by atoms with van der Waals surface area (Å²) in [4.78, 5) is 16.1. The second kappa shape index (κ2) is 5.95. The summed E-state index contributed by atoms with van der Waals surface area (Å²) in [6, 6.07) is 7.06. The lowest BCUT2D eigenvalue weighted by Gasteiger charge is -2.03. The number of carbonyl (C=O) groups excluding carboxylic acids is 1. The number of hydrogen-bond donors (Lipinski definition) is 0. The summed E-state index contributed by atoms with van der Waals surface area (Å²) in [6.07, 6.45) is 3.67. The Morgan fingerprint density at radius 1 is 1.11 bits per heavy atom. The quantitative estimate of drug-likeness (QED) is 0.713. The van der Waals surface area contributed by atoms with Crippen molar-refractivity contribution in [1.29, 1.82) is 0 Å². The number of Topliss-reactive ketones (excluding diaryl/α,β-unsaturated/α-hetero) is 1. The Labute approximate surface area is 127 Å². The molecule has 0 radical (unpaired) electrons. The van der Waals surface area contributed by atoms with Crippen LogP contribution in [0.1, 0.15) is 15.9 Å². The fraction of sp³-hybridized carbons (Fsp3) is 0.0769. The molecule has 2 nitrogen and oxygen atoms in total. The van der Waals surface area contributed by atoms with E-state index in [0.29, 0.717) is 17.0 Å². The molecule has 0 aliphatic rings. The Morgan fingerprint density at radius 2 is 1.89 bits per heavy atom. The van der Waals surface area contributed by atoms with Gasteiger partial charge in [-0.15, -0.1) is 0 Å². The maximum absolute atomic E-state index is 12.1. The fourth-order valence-corrected chi connectivity index (χ4v) is 2.83. The molecule has 5 heteroatoms. The van der Waals surface area contributed by atoms with Crippen molar-refractivity contribution in [3.63, 3.8) is 0 Å². The minimum absolute atomic E-state index is 0.0121. The van der Waals surface area contributed by atoms with Gasteiger partial charge < -0.3 is 0 Å². The second-order valence-electron chi connectivity index (χ2n) is 3.77. The number of nitrogens with zero attached hydrogens (tertiary/aromatic N) is 1. The van der Waals surface area contributed by atoms with Crippen molar-refractivity contribution in [3.05, 3.63) is 61.8 Å². The van der Waals surface area contributed by atoms with Gasteiger partial charge >= 0.3 is 0 Å². The van der Waals surface area contributed by atoms with E-state index in [9.17, 15) is 4.79 Å². The molecule has 0 bridgehead atoms. The summed E-state index contributed by atoms with van der Waals surface area (Å²) >= 11 is 12.6. The average molecular weight is 389 g/mol. The van der Waals surface area contributed by atoms with E-state index in [2.05, 4.69) is 36.8 Å². The van der Waals surface area contributed by atoms with Crippen molar-refractivity contribution < 1.29 is 4.79 Å². The van der Waals surface area contributed by atoms with Crippen molar-refractivity contribution >= 4 is 49.2 Å². The van der Waals surface area contributed by atoms with Crippen LogP contribution in [0.5, 0.6) is 0 Å². The first-order valence-corrected chi connectivity index (χ1v) is 7.10. The van der Waals surface area contributed by atoms with Crippen LogP contribution in [0.3, 0.4) is 0 Å². The number of carbonyl (C=O) groups is 1. The van der Waals surface area contributed by atoms with Gasteiger partial charge in [0, 0.05) is 38.3 Å². The summed E-state index contributed by atoms with van der Waals surface area (Å²) in [5.74, 6) is 0.0121. The van der Waals surface area contributed by atoms with Gasteiger partial charge in [0.15, 0.2) is 5.78 Å². The molecule has 1 heterocycles. The molecular weight excluding hydrogens is 381 g/mol. The van der Waals surface area contributed by atoms with Crippen LogP contribution in [-0.2, 0) is 6.42 Å². The number of hydrogen-bond acceptors (Lipinski definition) is 2. The molecule has 0 aliphatic heterocycles. The van der Waals surface area contributed by atoms with Gasteiger partial charge in [0.2, 0.25) is 0 Å². The lowest BCUT2D eigenvalue weighted by atomic mass is 10.0. The van der Waals surface area contributed by atoms with Gasteiger partial charge in [0.25, 0.3) is 0 Å². The van der Waals surface area contributed by atoms with Crippen LogP contribution in [0.15, 0.2) is 45.6 Å². The van der Waals surface area contributed by atoms with E-state index in [4.69, 9.17) is 11.6 Å². The number of rotatable bonds is 3. The first kappa shape index (κ1) is 13.7. The molecule has 18 heavy (non-hydrogen) atoms. The molecule has 0 saturated carbocycles. The highest BCUT2D eigenvalue weighted by atomic mass is 79.9. The van der Waals surface area contributed by atoms with Crippen molar-refractivity contribution in [2.75, 3.05) is 0 Å². The topological polar surface area (TPSA) is 30.0 Å². The Kier molecular flexibility index (Phi) is 4.54. The predicted octanol–water partition coefficient (Wildman–Crippen LogP) is 4.69. The predicted molar refractivity (Wildman–Crippen MR) is 79.1 cm³/mol. The van der Waals surface area contributed by atoms with Crippen LogP contribution in [0.4, 0.5) is 0 Å². The smallest absolute Gasteiger partial charge is 0.167 e. The summed E-state index contributed by atoms with van der Waals surface area (Å²) < 4.78 is 1.66. The van der Waals surface area contributed by atoms with Crippen LogP contribution in [0.2, 0.25) is 5.02 Å². The molecule has 2 rings (SSSR count). The van der Waals surface area contributed by atoms with Gasteiger partial charge in [-0.2, -0.15) is 0 Å². The Bertz CT molecular complexity index is 581. The van der Waals surface area contributed by atoms with Crippen LogP contribution in [0.25, 0.3) is 0 Å². The second-order valence-corrected chi connectivity index (χ2v) is 6.04. The van der Waals surface area contributed by atoms with Gasteiger partial charge in [0.05, 0.1) is 0 Å². The van der Waals surface area contributed by atoms with E-state index in [1.54, 1.807) is 30.6 Å².